The van der Waals surface area contributed by atoms with Gasteiger partial charge in [0.25, 0.3) is 5.56 Å². The van der Waals surface area contributed by atoms with Crippen molar-refractivity contribution in [2.24, 2.45) is 5.92 Å². The zero-order valence-corrected chi connectivity index (χ0v) is 17.4. The molecule has 0 aliphatic carbocycles. The zero-order chi connectivity index (χ0) is 21.3. The Morgan fingerprint density at radius 2 is 1.90 bits per heavy atom. The van der Waals surface area contributed by atoms with Crippen LogP contribution < -0.4 is 21.4 Å². The molecule has 2 N–H and O–H groups in total. The van der Waals surface area contributed by atoms with E-state index in [1.165, 1.54) is 23.6 Å². The number of hydrogen-bond donors (Lipinski definition) is 2. The minimum Gasteiger partial charge on any atom is -0.488 e. The maximum Gasteiger partial charge on any atom is 0.329 e. The second-order valence-electron chi connectivity index (χ2n) is 7.43. The fraction of sp³-hybridized carbons (Fsp3) is 0.227. The zero-order valence-electron chi connectivity index (χ0n) is 16.6. The number of fused-ring (bicyclic) bond motifs is 1. The van der Waals surface area contributed by atoms with Gasteiger partial charge in [-0.1, -0.05) is 44.2 Å². The van der Waals surface area contributed by atoms with Gasteiger partial charge >= 0.3 is 5.69 Å². The van der Waals surface area contributed by atoms with E-state index in [-0.39, 0.29) is 23.6 Å². The molecule has 0 unspecified atom stereocenters. The van der Waals surface area contributed by atoms with Gasteiger partial charge in [-0.05, 0) is 11.5 Å². The van der Waals surface area contributed by atoms with Crippen LogP contribution in [0, 0.1) is 5.92 Å². The number of nitrogens with one attached hydrogen (secondary N) is 2. The van der Waals surface area contributed by atoms with Crippen LogP contribution in [0.3, 0.4) is 0 Å². The van der Waals surface area contributed by atoms with E-state index in [2.05, 4.69) is 9.97 Å². The Hall–Kier alpha value is -3.39. The molecule has 0 radical (unpaired) electrons. The quantitative estimate of drug-likeness (QED) is 0.498. The molecule has 1 aromatic carbocycles. The highest BCUT2D eigenvalue weighted by Gasteiger charge is 2.15. The highest BCUT2D eigenvalue weighted by molar-refractivity contribution is 7.17. The molecular weight excluding hydrogens is 402 g/mol. The van der Waals surface area contributed by atoms with Gasteiger partial charge in [-0.15, -0.1) is 11.3 Å². The van der Waals surface area contributed by atoms with Crippen LogP contribution in [0.15, 0.2) is 62.4 Å². The molecule has 3 heterocycles. The summed E-state index contributed by atoms with van der Waals surface area (Å²) in [5, 5.41) is 2.33. The van der Waals surface area contributed by atoms with E-state index < -0.39 is 11.2 Å². The Morgan fingerprint density at radius 1 is 1.13 bits per heavy atom. The summed E-state index contributed by atoms with van der Waals surface area (Å²) in [5.74, 6) is 0.505. The number of rotatable bonds is 6. The molecule has 4 rings (SSSR count). The predicted octanol–water partition coefficient (Wildman–Crippen LogP) is 3.19. The van der Waals surface area contributed by atoms with Crippen molar-refractivity contribution in [1.29, 1.82) is 0 Å². The van der Waals surface area contributed by atoms with Crippen molar-refractivity contribution in [3.8, 4) is 16.9 Å². The van der Waals surface area contributed by atoms with E-state index in [0.717, 1.165) is 15.7 Å². The fourth-order valence-electron chi connectivity index (χ4n) is 3.16. The highest BCUT2D eigenvalue weighted by atomic mass is 32.1. The molecule has 0 saturated heterocycles. The topological polar surface area (TPSA) is 96.9 Å². The molecule has 3 aromatic heterocycles. The molecule has 0 amide bonds. The van der Waals surface area contributed by atoms with Crippen molar-refractivity contribution in [2.75, 3.05) is 6.61 Å². The Bertz CT molecular complexity index is 1360. The minimum absolute atomic E-state index is 0.0477. The van der Waals surface area contributed by atoms with Crippen LogP contribution in [0.25, 0.3) is 21.3 Å². The SMILES string of the molecule is CC(C)COc1c[nH]c(Cn2c(=O)[nH]c3scc(-c4ccccc4)c3c2=O)cc1=O. The van der Waals surface area contributed by atoms with Crippen LogP contribution in [0.5, 0.6) is 5.75 Å². The molecule has 0 aliphatic heterocycles. The summed E-state index contributed by atoms with van der Waals surface area (Å²) in [5.41, 5.74) is 0.914. The first kappa shape index (κ1) is 19.9. The lowest BCUT2D eigenvalue weighted by Gasteiger charge is -2.09. The molecule has 154 valence electrons. The summed E-state index contributed by atoms with van der Waals surface area (Å²) in [4.78, 5) is 44.3. The summed E-state index contributed by atoms with van der Waals surface area (Å²) >= 11 is 1.32. The van der Waals surface area contributed by atoms with Crippen LogP contribution in [-0.4, -0.2) is 21.1 Å². The smallest absolute Gasteiger partial charge is 0.329 e. The summed E-state index contributed by atoms with van der Waals surface area (Å²) < 4.78 is 6.58. The van der Waals surface area contributed by atoms with E-state index in [1.54, 1.807) is 0 Å². The molecule has 0 fully saturated rings. The average molecular weight is 423 g/mol. The maximum atomic E-state index is 13.2. The van der Waals surface area contributed by atoms with Crippen LogP contribution in [-0.2, 0) is 6.54 Å². The summed E-state index contributed by atoms with van der Waals surface area (Å²) in [6, 6.07) is 10.9. The molecular formula is C22H21N3O4S. The van der Waals surface area contributed by atoms with Gasteiger partial charge in [-0.25, -0.2) is 4.79 Å². The Balaban J connectivity index is 1.73. The van der Waals surface area contributed by atoms with E-state index in [1.807, 2.05) is 49.6 Å². The average Bonchev–Trinajstić information content (AvgIpc) is 3.15. The van der Waals surface area contributed by atoms with Gasteiger partial charge in [0.05, 0.1) is 18.5 Å². The highest BCUT2D eigenvalue weighted by Crippen LogP contribution is 2.29. The van der Waals surface area contributed by atoms with Gasteiger partial charge in [-0.2, -0.15) is 0 Å². The Morgan fingerprint density at radius 3 is 2.60 bits per heavy atom. The Kier molecular flexibility index (Phi) is 5.41. The number of benzene rings is 1. The number of H-pyrrole nitrogens is 2. The van der Waals surface area contributed by atoms with Crippen molar-refractivity contribution in [3.63, 3.8) is 0 Å². The lowest BCUT2D eigenvalue weighted by atomic mass is 10.1. The molecule has 7 nitrogen and oxygen atoms in total. The molecule has 0 saturated carbocycles. The van der Waals surface area contributed by atoms with E-state index in [0.29, 0.717) is 22.5 Å². The largest absolute Gasteiger partial charge is 0.488 e. The van der Waals surface area contributed by atoms with Gasteiger partial charge in [0, 0.05) is 28.9 Å². The van der Waals surface area contributed by atoms with Crippen molar-refractivity contribution in [2.45, 2.75) is 20.4 Å². The lowest BCUT2D eigenvalue weighted by molar-refractivity contribution is 0.267. The molecule has 0 atom stereocenters. The first-order chi connectivity index (χ1) is 14.4. The van der Waals surface area contributed by atoms with E-state index >= 15 is 0 Å². The molecule has 0 aliphatic rings. The van der Waals surface area contributed by atoms with Gasteiger partial charge in [0.2, 0.25) is 5.43 Å². The molecule has 0 spiro atoms. The van der Waals surface area contributed by atoms with E-state index in [4.69, 9.17) is 4.74 Å². The normalized spacial score (nSPS) is 11.3. The number of aromatic nitrogens is 3. The lowest BCUT2D eigenvalue weighted by Crippen LogP contribution is -2.35. The van der Waals surface area contributed by atoms with Crippen molar-refractivity contribution >= 4 is 21.6 Å². The minimum atomic E-state index is -0.519. The maximum absolute atomic E-state index is 13.2. The molecule has 4 aromatic rings. The van der Waals surface area contributed by atoms with Crippen LogP contribution >= 0.6 is 11.3 Å². The third-order valence-corrected chi connectivity index (χ3v) is 5.53. The van der Waals surface area contributed by atoms with E-state index in [9.17, 15) is 14.4 Å². The second kappa shape index (κ2) is 8.16. The van der Waals surface area contributed by atoms with Gasteiger partial charge < -0.3 is 9.72 Å². The van der Waals surface area contributed by atoms with Crippen molar-refractivity contribution in [1.82, 2.24) is 14.5 Å². The van der Waals surface area contributed by atoms with Crippen molar-refractivity contribution in [3.05, 3.63) is 84.7 Å². The fourth-order valence-corrected chi connectivity index (χ4v) is 4.11. The number of nitrogens with zero attached hydrogens (tertiary/aromatic N) is 1. The molecule has 8 heteroatoms. The summed E-state index contributed by atoms with van der Waals surface area (Å²) in [6.07, 6.45) is 1.47. The number of pyridine rings is 1. The number of aromatic amines is 2. The standard InChI is InChI=1S/C22H21N3O4S/c1-13(2)11-29-18-9-23-15(8-17(18)26)10-25-21(27)19-16(14-6-4-3-5-7-14)12-30-20(19)24-22(25)28/h3-9,12-13H,10-11H2,1-2H3,(H,23,26)(H,24,28). The van der Waals surface area contributed by atoms with Crippen molar-refractivity contribution < 1.29 is 4.74 Å². The number of ether oxygens (including phenoxy) is 1. The first-order valence-electron chi connectivity index (χ1n) is 9.58. The van der Waals surface area contributed by atoms with Crippen LogP contribution in [0.4, 0.5) is 0 Å². The van der Waals surface area contributed by atoms with Gasteiger partial charge in [-0.3, -0.25) is 19.1 Å². The Labute approximate surface area is 175 Å². The summed E-state index contributed by atoms with van der Waals surface area (Å²) in [6.45, 7) is 4.36. The monoisotopic (exact) mass is 423 g/mol. The third-order valence-electron chi connectivity index (χ3n) is 4.64. The van der Waals surface area contributed by atoms with Gasteiger partial charge in [0.15, 0.2) is 5.75 Å². The predicted molar refractivity (Wildman–Crippen MR) is 119 cm³/mol. The molecule has 30 heavy (non-hydrogen) atoms. The van der Waals surface area contributed by atoms with Gasteiger partial charge in [0.1, 0.15) is 4.83 Å². The third kappa shape index (κ3) is 3.86. The molecule has 0 bridgehead atoms. The number of thiophene rings is 1. The second-order valence-corrected chi connectivity index (χ2v) is 8.31. The van der Waals surface area contributed by atoms with Crippen LogP contribution in [0.2, 0.25) is 0 Å². The number of hydrogen-bond acceptors (Lipinski definition) is 5. The first-order valence-corrected chi connectivity index (χ1v) is 10.5. The van der Waals surface area contributed by atoms with Crippen LogP contribution in [0.1, 0.15) is 19.5 Å². The summed E-state index contributed by atoms with van der Waals surface area (Å²) in [7, 11) is 0.